The molecule has 2 aromatic rings. The number of hydrogen-bond acceptors (Lipinski definition) is 3. The predicted octanol–water partition coefficient (Wildman–Crippen LogP) is 3.16. The van der Waals surface area contributed by atoms with Crippen LogP contribution in [0.15, 0.2) is 12.3 Å². The molecule has 0 radical (unpaired) electrons. The van der Waals surface area contributed by atoms with Crippen LogP contribution in [-0.4, -0.2) is 25.5 Å². The fourth-order valence-corrected chi connectivity index (χ4v) is 2.48. The summed E-state index contributed by atoms with van der Waals surface area (Å²) in [5.74, 6) is -0.609. The zero-order valence-electron chi connectivity index (χ0n) is 14.0. The third-order valence-electron chi connectivity index (χ3n) is 3.72. The van der Waals surface area contributed by atoms with Crippen LogP contribution in [0.3, 0.4) is 0 Å². The van der Waals surface area contributed by atoms with Gasteiger partial charge in [-0.3, -0.25) is 14.2 Å². The second-order valence-electron chi connectivity index (χ2n) is 5.57. The monoisotopic (exact) mass is 361 g/mol. The van der Waals surface area contributed by atoms with E-state index in [1.807, 2.05) is 6.92 Å². The topological polar surface area (TPSA) is 64.7 Å². The van der Waals surface area contributed by atoms with Gasteiger partial charge in [0.25, 0.3) is 12.9 Å². The molecule has 6 nitrogen and oxygen atoms in total. The molecular formula is C15H19F4N5O. The Morgan fingerprint density at radius 2 is 1.92 bits per heavy atom. The number of aromatic nitrogens is 4. The number of alkyl halides is 4. The molecule has 2 aromatic heterocycles. The minimum Gasteiger partial charge on any atom is -0.348 e. The smallest absolute Gasteiger partial charge is 0.282 e. The maximum absolute atomic E-state index is 12.9. The van der Waals surface area contributed by atoms with E-state index in [2.05, 4.69) is 15.5 Å². The lowest BCUT2D eigenvalue weighted by Gasteiger charge is -2.14. The van der Waals surface area contributed by atoms with Crippen molar-refractivity contribution in [2.24, 2.45) is 0 Å². The van der Waals surface area contributed by atoms with Crippen molar-refractivity contribution < 1.29 is 22.4 Å². The molecular weight excluding hydrogens is 342 g/mol. The quantitative estimate of drug-likeness (QED) is 0.771. The van der Waals surface area contributed by atoms with Gasteiger partial charge in [0.2, 0.25) is 5.91 Å². The summed E-state index contributed by atoms with van der Waals surface area (Å²) in [5.41, 5.74) is 0.0318. The van der Waals surface area contributed by atoms with Gasteiger partial charge in [-0.25, -0.2) is 17.6 Å². The Labute approximate surface area is 141 Å². The van der Waals surface area contributed by atoms with Crippen molar-refractivity contribution in [1.29, 1.82) is 0 Å². The van der Waals surface area contributed by atoms with Crippen molar-refractivity contribution in [3.63, 3.8) is 0 Å². The number of aryl methyl sites for hydroxylation is 2. The van der Waals surface area contributed by atoms with Gasteiger partial charge in [0, 0.05) is 18.3 Å². The molecule has 0 aliphatic rings. The number of nitrogens with one attached hydrogen (secondary N) is 1. The van der Waals surface area contributed by atoms with Gasteiger partial charge in [-0.1, -0.05) is 0 Å². The Morgan fingerprint density at radius 1 is 1.24 bits per heavy atom. The molecule has 0 aliphatic carbocycles. The molecule has 1 atom stereocenters. The molecule has 2 rings (SSSR count). The normalized spacial score (nSPS) is 12.8. The Kier molecular flexibility index (Phi) is 5.81. The summed E-state index contributed by atoms with van der Waals surface area (Å²) in [6.07, 6.45) is -4.20. The van der Waals surface area contributed by atoms with Gasteiger partial charge in [0.15, 0.2) is 0 Å². The number of carbonyl (C=O) groups is 1. The average molecular weight is 361 g/mol. The van der Waals surface area contributed by atoms with E-state index in [1.54, 1.807) is 24.7 Å². The number of carbonyl (C=O) groups excluding carboxylic acids is 1. The van der Waals surface area contributed by atoms with Gasteiger partial charge in [0.1, 0.15) is 17.9 Å². The van der Waals surface area contributed by atoms with Crippen molar-refractivity contribution in [1.82, 2.24) is 24.9 Å². The first kappa shape index (κ1) is 18.9. The van der Waals surface area contributed by atoms with E-state index >= 15 is 0 Å². The summed E-state index contributed by atoms with van der Waals surface area (Å²) in [6, 6.07) is 0.203. The van der Waals surface area contributed by atoms with Crippen LogP contribution >= 0.6 is 0 Å². The number of halogens is 4. The molecule has 0 saturated heterocycles. The molecule has 0 fully saturated rings. The summed E-state index contributed by atoms with van der Waals surface area (Å²) in [6.45, 7) is 5.54. The molecule has 0 aliphatic heterocycles. The molecule has 0 bridgehead atoms. The zero-order valence-corrected chi connectivity index (χ0v) is 14.0. The van der Waals surface area contributed by atoms with Crippen LogP contribution in [0.25, 0.3) is 0 Å². The van der Waals surface area contributed by atoms with E-state index in [0.29, 0.717) is 17.3 Å². The van der Waals surface area contributed by atoms with Crippen molar-refractivity contribution >= 4 is 5.91 Å². The third-order valence-corrected chi connectivity index (χ3v) is 3.72. The SMILES string of the molecule is CCn1cc(C(C)NC(=O)Cn2nc(C(F)F)cc2C(F)F)c(C)n1. The first-order valence-electron chi connectivity index (χ1n) is 7.70. The maximum atomic E-state index is 12.9. The van der Waals surface area contributed by atoms with E-state index < -0.39 is 42.7 Å². The molecule has 1 amide bonds. The van der Waals surface area contributed by atoms with E-state index in [4.69, 9.17) is 0 Å². The van der Waals surface area contributed by atoms with Crippen LogP contribution in [-0.2, 0) is 17.9 Å². The molecule has 1 unspecified atom stereocenters. The summed E-state index contributed by atoms with van der Waals surface area (Å²) in [5, 5.41) is 10.3. The standard InChI is InChI=1S/C15H19F4N5O/c1-4-23-6-10(9(3)21-23)8(2)20-13(25)7-24-12(15(18)19)5-11(22-24)14(16)17/h5-6,8,14-15H,4,7H2,1-3H3,(H,20,25). The molecule has 1 N–H and O–H groups in total. The molecule has 25 heavy (non-hydrogen) atoms. The summed E-state index contributed by atoms with van der Waals surface area (Å²) in [4.78, 5) is 12.1. The van der Waals surface area contributed by atoms with Crippen LogP contribution in [0.1, 0.15) is 55.4 Å². The number of rotatable bonds is 7. The second-order valence-corrected chi connectivity index (χ2v) is 5.57. The van der Waals surface area contributed by atoms with Gasteiger partial charge in [-0.15, -0.1) is 0 Å². The molecule has 0 spiro atoms. The lowest BCUT2D eigenvalue weighted by molar-refractivity contribution is -0.122. The number of hydrogen-bond donors (Lipinski definition) is 1. The lowest BCUT2D eigenvalue weighted by atomic mass is 10.1. The van der Waals surface area contributed by atoms with Crippen LogP contribution in [0.2, 0.25) is 0 Å². The van der Waals surface area contributed by atoms with E-state index in [-0.39, 0.29) is 0 Å². The van der Waals surface area contributed by atoms with E-state index in [9.17, 15) is 22.4 Å². The predicted molar refractivity (Wildman–Crippen MR) is 81.3 cm³/mol. The van der Waals surface area contributed by atoms with Crippen molar-refractivity contribution in [3.8, 4) is 0 Å². The molecule has 138 valence electrons. The number of nitrogens with zero attached hydrogens (tertiary/aromatic N) is 4. The summed E-state index contributed by atoms with van der Waals surface area (Å²) >= 11 is 0. The lowest BCUT2D eigenvalue weighted by Crippen LogP contribution is -2.31. The fraction of sp³-hybridized carbons (Fsp3) is 0.533. The van der Waals surface area contributed by atoms with E-state index in [1.165, 1.54) is 0 Å². The van der Waals surface area contributed by atoms with Gasteiger partial charge >= 0.3 is 0 Å². The Bertz CT molecular complexity index is 740. The van der Waals surface area contributed by atoms with Crippen LogP contribution in [0.4, 0.5) is 17.6 Å². The van der Waals surface area contributed by atoms with Crippen LogP contribution in [0.5, 0.6) is 0 Å². The number of amides is 1. The fourth-order valence-electron chi connectivity index (χ4n) is 2.48. The van der Waals surface area contributed by atoms with Crippen LogP contribution in [0, 0.1) is 6.92 Å². The van der Waals surface area contributed by atoms with Gasteiger partial charge in [-0.2, -0.15) is 10.2 Å². The van der Waals surface area contributed by atoms with Crippen LogP contribution < -0.4 is 5.32 Å². The first-order chi connectivity index (χ1) is 11.7. The Balaban J connectivity index is 2.10. The first-order valence-corrected chi connectivity index (χ1v) is 7.70. The van der Waals surface area contributed by atoms with Crippen molar-refractivity contribution in [2.75, 3.05) is 0 Å². The minimum atomic E-state index is -3.00. The van der Waals surface area contributed by atoms with Gasteiger partial charge in [0.05, 0.1) is 11.7 Å². The minimum absolute atomic E-state index is 0.409. The van der Waals surface area contributed by atoms with Crippen molar-refractivity contribution in [3.05, 3.63) is 34.9 Å². The Hall–Kier alpha value is -2.39. The average Bonchev–Trinajstić information content (AvgIpc) is 3.10. The highest BCUT2D eigenvalue weighted by atomic mass is 19.3. The van der Waals surface area contributed by atoms with E-state index in [0.717, 1.165) is 11.3 Å². The second kappa shape index (κ2) is 7.66. The highest BCUT2D eigenvalue weighted by Crippen LogP contribution is 2.25. The van der Waals surface area contributed by atoms with Gasteiger partial charge in [-0.05, 0) is 26.8 Å². The highest BCUT2D eigenvalue weighted by Gasteiger charge is 2.23. The highest BCUT2D eigenvalue weighted by molar-refractivity contribution is 5.76. The molecule has 0 saturated carbocycles. The van der Waals surface area contributed by atoms with Crippen molar-refractivity contribution in [2.45, 2.75) is 52.8 Å². The Morgan fingerprint density at radius 3 is 2.44 bits per heavy atom. The van der Waals surface area contributed by atoms with Gasteiger partial charge < -0.3 is 5.32 Å². The third kappa shape index (κ3) is 4.37. The zero-order chi connectivity index (χ0) is 18.7. The molecule has 0 aromatic carbocycles. The molecule has 10 heteroatoms. The summed E-state index contributed by atoms with van der Waals surface area (Å²) < 4.78 is 53.5. The largest absolute Gasteiger partial charge is 0.348 e. The maximum Gasteiger partial charge on any atom is 0.282 e. The molecule has 2 heterocycles. The summed E-state index contributed by atoms with van der Waals surface area (Å²) in [7, 11) is 0.